The van der Waals surface area contributed by atoms with Crippen molar-refractivity contribution in [3.63, 3.8) is 0 Å². The Morgan fingerprint density at radius 1 is 1.00 bits per heavy atom. The van der Waals surface area contributed by atoms with E-state index in [9.17, 15) is 0 Å². The lowest BCUT2D eigenvalue weighted by atomic mass is 9.84. The summed E-state index contributed by atoms with van der Waals surface area (Å²) < 4.78 is 0. The molecule has 104 valence electrons. The Labute approximate surface area is 113 Å². The van der Waals surface area contributed by atoms with Crippen molar-refractivity contribution >= 4 is 0 Å². The first kappa shape index (κ1) is 12.9. The molecule has 4 atom stereocenters. The van der Waals surface area contributed by atoms with Crippen LogP contribution in [-0.2, 0) is 0 Å². The molecule has 3 aliphatic rings. The molecule has 2 nitrogen and oxygen atoms in total. The highest BCUT2D eigenvalue weighted by molar-refractivity contribution is 5.04. The van der Waals surface area contributed by atoms with Crippen molar-refractivity contribution in [1.82, 2.24) is 10.2 Å². The van der Waals surface area contributed by atoms with E-state index in [1.807, 2.05) is 0 Å². The van der Waals surface area contributed by atoms with Gasteiger partial charge in [-0.25, -0.2) is 0 Å². The standard InChI is InChI=1S/C16H30N2/c1-16(2)10-9-14(15(16)17-3)18-11-5-7-12-6-4-8-13(12)18/h12-15,17H,4-11H2,1-3H3. The molecule has 2 saturated carbocycles. The third kappa shape index (κ3) is 2.02. The van der Waals surface area contributed by atoms with Crippen LogP contribution in [0.3, 0.4) is 0 Å². The van der Waals surface area contributed by atoms with Crippen LogP contribution in [0.5, 0.6) is 0 Å². The Bertz CT molecular complexity index is 299. The third-order valence-corrected chi connectivity index (χ3v) is 6.08. The molecule has 0 bridgehead atoms. The van der Waals surface area contributed by atoms with Gasteiger partial charge < -0.3 is 5.32 Å². The molecule has 1 heterocycles. The van der Waals surface area contributed by atoms with E-state index in [1.165, 1.54) is 51.5 Å². The molecule has 18 heavy (non-hydrogen) atoms. The number of piperidine rings is 1. The molecule has 1 aliphatic heterocycles. The number of likely N-dealkylation sites (N-methyl/N-ethyl adjacent to an activating group) is 1. The Morgan fingerprint density at radius 3 is 2.56 bits per heavy atom. The van der Waals surface area contributed by atoms with Gasteiger partial charge in [-0.3, -0.25) is 4.90 Å². The summed E-state index contributed by atoms with van der Waals surface area (Å²) in [7, 11) is 2.17. The first-order chi connectivity index (χ1) is 8.63. The van der Waals surface area contributed by atoms with E-state index < -0.39 is 0 Å². The van der Waals surface area contributed by atoms with Crippen LogP contribution < -0.4 is 5.32 Å². The minimum atomic E-state index is 0.477. The molecule has 3 fully saturated rings. The summed E-state index contributed by atoms with van der Waals surface area (Å²) in [5.41, 5.74) is 0.477. The fourth-order valence-electron chi connectivity index (χ4n) is 5.21. The molecule has 4 unspecified atom stereocenters. The van der Waals surface area contributed by atoms with Crippen molar-refractivity contribution in [3.05, 3.63) is 0 Å². The van der Waals surface area contributed by atoms with E-state index in [1.54, 1.807) is 0 Å². The zero-order valence-corrected chi connectivity index (χ0v) is 12.4. The molecule has 2 heteroatoms. The first-order valence-electron chi connectivity index (χ1n) is 8.06. The topological polar surface area (TPSA) is 15.3 Å². The number of nitrogens with zero attached hydrogens (tertiary/aromatic N) is 1. The van der Waals surface area contributed by atoms with Crippen molar-refractivity contribution in [2.45, 2.75) is 76.9 Å². The molecule has 1 saturated heterocycles. The van der Waals surface area contributed by atoms with E-state index in [0.717, 1.165) is 18.0 Å². The quantitative estimate of drug-likeness (QED) is 0.810. The zero-order chi connectivity index (χ0) is 12.8. The van der Waals surface area contributed by atoms with Gasteiger partial charge in [-0.2, -0.15) is 0 Å². The van der Waals surface area contributed by atoms with Gasteiger partial charge in [0.2, 0.25) is 0 Å². The van der Waals surface area contributed by atoms with Crippen LogP contribution in [0.1, 0.15) is 58.8 Å². The van der Waals surface area contributed by atoms with Gasteiger partial charge in [-0.1, -0.05) is 20.3 Å². The summed E-state index contributed by atoms with van der Waals surface area (Å²) in [6.45, 7) is 6.26. The third-order valence-electron chi connectivity index (χ3n) is 6.08. The second-order valence-electron chi connectivity index (χ2n) is 7.50. The highest BCUT2D eigenvalue weighted by Gasteiger charge is 2.47. The lowest BCUT2D eigenvalue weighted by Gasteiger charge is -2.45. The number of likely N-dealkylation sites (tertiary alicyclic amines) is 1. The molecule has 0 aromatic heterocycles. The molecular formula is C16H30N2. The van der Waals surface area contributed by atoms with Gasteiger partial charge in [-0.15, -0.1) is 0 Å². The summed E-state index contributed by atoms with van der Waals surface area (Å²) >= 11 is 0. The first-order valence-corrected chi connectivity index (χ1v) is 8.06. The van der Waals surface area contributed by atoms with Crippen LogP contribution in [0.15, 0.2) is 0 Å². The molecule has 0 aromatic carbocycles. The van der Waals surface area contributed by atoms with Crippen molar-refractivity contribution in [3.8, 4) is 0 Å². The molecule has 3 rings (SSSR count). The lowest BCUT2D eigenvalue weighted by molar-refractivity contribution is 0.0496. The SMILES string of the molecule is CNC1C(N2CCCC3CCCC32)CCC1(C)C. The van der Waals surface area contributed by atoms with Crippen LogP contribution in [0.25, 0.3) is 0 Å². The molecule has 0 amide bonds. The van der Waals surface area contributed by atoms with Crippen LogP contribution >= 0.6 is 0 Å². The largest absolute Gasteiger partial charge is 0.315 e. The lowest BCUT2D eigenvalue weighted by Crippen LogP contribution is -2.56. The normalized spacial score (nSPS) is 44.2. The molecule has 2 aliphatic carbocycles. The predicted molar refractivity (Wildman–Crippen MR) is 76.7 cm³/mol. The summed E-state index contributed by atoms with van der Waals surface area (Å²) in [5, 5.41) is 3.64. The second-order valence-corrected chi connectivity index (χ2v) is 7.50. The molecule has 0 aromatic rings. The maximum Gasteiger partial charge on any atom is 0.0271 e. The number of nitrogens with one attached hydrogen (secondary N) is 1. The summed E-state index contributed by atoms with van der Waals surface area (Å²) in [6.07, 6.45) is 10.2. The van der Waals surface area contributed by atoms with E-state index >= 15 is 0 Å². The number of rotatable bonds is 2. The van der Waals surface area contributed by atoms with Gasteiger partial charge in [-0.05, 0) is 63.5 Å². The highest BCUT2D eigenvalue weighted by atomic mass is 15.2. The number of hydrogen-bond donors (Lipinski definition) is 1. The molecule has 1 N–H and O–H groups in total. The van der Waals surface area contributed by atoms with Crippen molar-refractivity contribution < 1.29 is 0 Å². The summed E-state index contributed by atoms with van der Waals surface area (Å²) in [6, 6.07) is 2.42. The van der Waals surface area contributed by atoms with E-state index in [2.05, 4.69) is 31.1 Å². The Morgan fingerprint density at radius 2 is 1.78 bits per heavy atom. The second kappa shape index (κ2) is 4.79. The Balaban J connectivity index is 1.77. The van der Waals surface area contributed by atoms with Gasteiger partial charge in [0.15, 0.2) is 0 Å². The minimum Gasteiger partial charge on any atom is -0.315 e. The van der Waals surface area contributed by atoms with Crippen LogP contribution in [0.4, 0.5) is 0 Å². The zero-order valence-electron chi connectivity index (χ0n) is 12.4. The van der Waals surface area contributed by atoms with E-state index in [4.69, 9.17) is 0 Å². The minimum absolute atomic E-state index is 0.477. The predicted octanol–water partition coefficient (Wildman–Crippen LogP) is 3.03. The molecule has 0 radical (unpaired) electrons. The van der Waals surface area contributed by atoms with Gasteiger partial charge in [0.05, 0.1) is 0 Å². The maximum atomic E-state index is 3.64. The van der Waals surface area contributed by atoms with Crippen LogP contribution in [-0.4, -0.2) is 36.6 Å². The van der Waals surface area contributed by atoms with Gasteiger partial charge in [0.25, 0.3) is 0 Å². The average molecular weight is 250 g/mol. The van der Waals surface area contributed by atoms with Crippen molar-refractivity contribution in [2.24, 2.45) is 11.3 Å². The van der Waals surface area contributed by atoms with Gasteiger partial charge in [0.1, 0.15) is 0 Å². The smallest absolute Gasteiger partial charge is 0.0271 e. The van der Waals surface area contributed by atoms with E-state index in [-0.39, 0.29) is 0 Å². The maximum absolute atomic E-state index is 3.64. The summed E-state index contributed by atoms with van der Waals surface area (Å²) in [5.74, 6) is 1.03. The van der Waals surface area contributed by atoms with Gasteiger partial charge >= 0.3 is 0 Å². The van der Waals surface area contributed by atoms with Crippen molar-refractivity contribution in [2.75, 3.05) is 13.6 Å². The van der Waals surface area contributed by atoms with E-state index in [0.29, 0.717) is 11.5 Å². The average Bonchev–Trinajstić information content (AvgIpc) is 2.92. The monoisotopic (exact) mass is 250 g/mol. The number of fused-ring (bicyclic) bond motifs is 1. The highest BCUT2D eigenvalue weighted by Crippen LogP contribution is 2.45. The number of hydrogen-bond acceptors (Lipinski definition) is 2. The van der Waals surface area contributed by atoms with Crippen LogP contribution in [0, 0.1) is 11.3 Å². The van der Waals surface area contributed by atoms with Crippen molar-refractivity contribution in [1.29, 1.82) is 0 Å². The summed E-state index contributed by atoms with van der Waals surface area (Å²) in [4.78, 5) is 2.91. The van der Waals surface area contributed by atoms with Gasteiger partial charge in [0, 0.05) is 18.1 Å². The molecule has 0 spiro atoms. The van der Waals surface area contributed by atoms with Crippen LogP contribution in [0.2, 0.25) is 0 Å². The Hall–Kier alpha value is -0.0800. The fourth-order valence-corrected chi connectivity index (χ4v) is 5.21. The Kier molecular flexibility index (Phi) is 3.44. The molecular weight excluding hydrogens is 220 g/mol. The fraction of sp³-hybridized carbons (Fsp3) is 1.00.